The maximum atomic E-state index is 11.9. The van der Waals surface area contributed by atoms with Crippen LogP contribution < -0.4 is 5.32 Å². The lowest BCUT2D eigenvalue weighted by Gasteiger charge is -2.19. The van der Waals surface area contributed by atoms with Gasteiger partial charge in [0.2, 0.25) is 0 Å². The monoisotopic (exact) mass is 285 g/mol. The van der Waals surface area contributed by atoms with Gasteiger partial charge in [-0.15, -0.1) is 0 Å². The van der Waals surface area contributed by atoms with Crippen LogP contribution in [0.2, 0.25) is 10.0 Å². The number of hydrogen-bond acceptors (Lipinski definition) is 2. The molecule has 0 fully saturated rings. The van der Waals surface area contributed by atoms with Crippen LogP contribution in [0.15, 0.2) is 18.2 Å². The topological polar surface area (TPSA) is 56.1 Å². The van der Waals surface area contributed by atoms with Crippen LogP contribution in [0, 0.1) is 11.3 Å². The Labute approximate surface area is 116 Å². The molecular weight excluding hydrogens is 273 g/mol. The molecule has 0 bridgehead atoms. The average molecular weight is 286 g/mol. The van der Waals surface area contributed by atoms with Crippen molar-refractivity contribution in [1.29, 1.82) is 5.26 Å². The first-order valence-electron chi connectivity index (χ1n) is 5.45. The Morgan fingerprint density at radius 3 is 2.50 bits per heavy atom. The zero-order valence-electron chi connectivity index (χ0n) is 9.91. The molecule has 6 heteroatoms. The standard InChI is InChI=1S/C12H13Cl2N3O/c1-2-4-17(5-3-15)12(18)16-11-7-9(13)6-10(14)8-11/h6-8H,2,4-5H2,1H3,(H,16,18). The number of carbonyl (C=O) groups is 1. The van der Waals surface area contributed by atoms with Gasteiger partial charge in [-0.2, -0.15) is 5.26 Å². The van der Waals surface area contributed by atoms with E-state index in [0.29, 0.717) is 22.3 Å². The number of benzene rings is 1. The summed E-state index contributed by atoms with van der Waals surface area (Å²) in [7, 11) is 0. The van der Waals surface area contributed by atoms with Crippen molar-refractivity contribution in [2.24, 2.45) is 0 Å². The molecule has 96 valence electrons. The predicted molar refractivity (Wildman–Crippen MR) is 73.0 cm³/mol. The van der Waals surface area contributed by atoms with Crippen LogP contribution in [0.5, 0.6) is 0 Å². The lowest BCUT2D eigenvalue weighted by Crippen LogP contribution is -2.35. The number of hydrogen-bond donors (Lipinski definition) is 1. The minimum absolute atomic E-state index is 0.0496. The molecule has 1 rings (SSSR count). The Hall–Kier alpha value is -1.44. The van der Waals surface area contributed by atoms with E-state index in [1.165, 1.54) is 4.90 Å². The Bertz CT molecular complexity index is 451. The first kappa shape index (κ1) is 14.6. The molecule has 0 unspecified atom stereocenters. The Kier molecular flexibility index (Phi) is 5.76. The van der Waals surface area contributed by atoms with Gasteiger partial charge in [0, 0.05) is 22.3 Å². The van der Waals surface area contributed by atoms with Crippen molar-refractivity contribution in [2.45, 2.75) is 13.3 Å². The van der Waals surface area contributed by atoms with Crippen molar-refractivity contribution in [3.63, 3.8) is 0 Å². The van der Waals surface area contributed by atoms with Gasteiger partial charge in [0.15, 0.2) is 0 Å². The summed E-state index contributed by atoms with van der Waals surface area (Å²) in [6.07, 6.45) is 0.783. The summed E-state index contributed by atoms with van der Waals surface area (Å²) >= 11 is 11.7. The molecule has 0 aliphatic rings. The van der Waals surface area contributed by atoms with Crippen molar-refractivity contribution < 1.29 is 4.79 Å². The van der Waals surface area contributed by atoms with Gasteiger partial charge in [0.1, 0.15) is 6.54 Å². The second-order valence-electron chi connectivity index (χ2n) is 3.67. The summed E-state index contributed by atoms with van der Waals surface area (Å²) in [5.74, 6) is 0. The number of nitrogens with one attached hydrogen (secondary N) is 1. The van der Waals surface area contributed by atoms with Crippen molar-refractivity contribution in [1.82, 2.24) is 4.90 Å². The third kappa shape index (κ3) is 4.44. The molecule has 0 spiro atoms. The first-order valence-corrected chi connectivity index (χ1v) is 6.21. The third-order valence-corrected chi connectivity index (χ3v) is 2.59. The van der Waals surface area contributed by atoms with Crippen LogP contribution in [0.4, 0.5) is 10.5 Å². The highest BCUT2D eigenvalue weighted by Crippen LogP contribution is 2.22. The van der Waals surface area contributed by atoms with Gasteiger partial charge in [0.25, 0.3) is 0 Å². The lowest BCUT2D eigenvalue weighted by atomic mass is 10.3. The fraction of sp³-hybridized carbons (Fsp3) is 0.333. The molecule has 0 atom stereocenters. The molecule has 0 aromatic heterocycles. The Morgan fingerprint density at radius 2 is 2.00 bits per heavy atom. The number of nitrogens with zero attached hydrogens (tertiary/aromatic N) is 2. The molecule has 0 saturated carbocycles. The summed E-state index contributed by atoms with van der Waals surface area (Å²) in [4.78, 5) is 13.3. The number of carbonyl (C=O) groups excluding carboxylic acids is 1. The first-order chi connectivity index (χ1) is 8.56. The van der Waals surface area contributed by atoms with E-state index in [-0.39, 0.29) is 12.6 Å². The summed E-state index contributed by atoms with van der Waals surface area (Å²) in [5.41, 5.74) is 0.511. The highest BCUT2D eigenvalue weighted by molar-refractivity contribution is 6.35. The summed E-state index contributed by atoms with van der Waals surface area (Å²) in [5, 5.41) is 12.2. The molecule has 0 aliphatic carbocycles. The number of amides is 2. The predicted octanol–water partition coefficient (Wildman–Crippen LogP) is 3.76. The highest BCUT2D eigenvalue weighted by Gasteiger charge is 2.12. The normalized spacial score (nSPS) is 9.67. The smallest absolute Gasteiger partial charge is 0.311 e. The number of rotatable bonds is 4. The molecule has 0 saturated heterocycles. The molecule has 0 radical (unpaired) electrons. The van der Waals surface area contributed by atoms with E-state index in [2.05, 4.69) is 5.32 Å². The van der Waals surface area contributed by atoms with E-state index >= 15 is 0 Å². The Morgan fingerprint density at radius 1 is 1.39 bits per heavy atom. The lowest BCUT2D eigenvalue weighted by molar-refractivity contribution is 0.218. The molecule has 1 aromatic carbocycles. The molecule has 18 heavy (non-hydrogen) atoms. The SMILES string of the molecule is CCCN(CC#N)C(=O)Nc1cc(Cl)cc(Cl)c1. The number of urea groups is 1. The van der Waals surface area contributed by atoms with Crippen LogP contribution in [0.1, 0.15) is 13.3 Å². The van der Waals surface area contributed by atoms with Gasteiger partial charge in [0.05, 0.1) is 6.07 Å². The molecule has 0 heterocycles. The van der Waals surface area contributed by atoms with Crippen LogP contribution in [0.25, 0.3) is 0 Å². The van der Waals surface area contributed by atoms with Crippen LogP contribution in [-0.2, 0) is 0 Å². The molecule has 1 N–H and O–H groups in total. The molecular formula is C12H13Cl2N3O. The van der Waals surface area contributed by atoms with Crippen molar-refractivity contribution in [3.05, 3.63) is 28.2 Å². The zero-order chi connectivity index (χ0) is 13.5. The second kappa shape index (κ2) is 7.10. The third-order valence-electron chi connectivity index (χ3n) is 2.16. The number of halogens is 2. The van der Waals surface area contributed by atoms with Gasteiger partial charge in [-0.1, -0.05) is 30.1 Å². The summed E-state index contributed by atoms with van der Waals surface area (Å²) in [6.45, 7) is 2.51. The average Bonchev–Trinajstić information content (AvgIpc) is 2.27. The number of anilines is 1. The largest absolute Gasteiger partial charge is 0.322 e. The quantitative estimate of drug-likeness (QED) is 0.857. The van der Waals surface area contributed by atoms with E-state index in [1.54, 1.807) is 18.2 Å². The summed E-state index contributed by atoms with van der Waals surface area (Å²) in [6, 6.07) is 6.40. The zero-order valence-corrected chi connectivity index (χ0v) is 11.4. The van der Waals surface area contributed by atoms with E-state index in [4.69, 9.17) is 28.5 Å². The minimum Gasteiger partial charge on any atom is -0.311 e. The molecule has 2 amide bonds. The van der Waals surface area contributed by atoms with Crippen molar-refractivity contribution in [2.75, 3.05) is 18.4 Å². The number of nitriles is 1. The van der Waals surface area contributed by atoms with E-state index < -0.39 is 0 Å². The van der Waals surface area contributed by atoms with Crippen LogP contribution >= 0.6 is 23.2 Å². The van der Waals surface area contributed by atoms with E-state index in [9.17, 15) is 4.79 Å². The fourth-order valence-electron chi connectivity index (χ4n) is 1.44. The van der Waals surface area contributed by atoms with E-state index in [1.807, 2.05) is 13.0 Å². The van der Waals surface area contributed by atoms with E-state index in [0.717, 1.165) is 6.42 Å². The van der Waals surface area contributed by atoms with Gasteiger partial charge in [-0.25, -0.2) is 4.79 Å². The fourth-order valence-corrected chi connectivity index (χ4v) is 1.96. The minimum atomic E-state index is -0.336. The second-order valence-corrected chi connectivity index (χ2v) is 4.54. The van der Waals surface area contributed by atoms with Crippen LogP contribution in [-0.4, -0.2) is 24.0 Å². The van der Waals surface area contributed by atoms with Crippen molar-refractivity contribution >= 4 is 34.9 Å². The van der Waals surface area contributed by atoms with Gasteiger partial charge in [-0.05, 0) is 24.6 Å². The molecule has 1 aromatic rings. The maximum Gasteiger partial charge on any atom is 0.322 e. The van der Waals surface area contributed by atoms with Crippen LogP contribution in [0.3, 0.4) is 0 Å². The van der Waals surface area contributed by atoms with Gasteiger partial charge in [-0.3, -0.25) is 0 Å². The Balaban J connectivity index is 2.76. The highest BCUT2D eigenvalue weighted by atomic mass is 35.5. The summed E-state index contributed by atoms with van der Waals surface area (Å²) < 4.78 is 0. The maximum absolute atomic E-state index is 11.9. The van der Waals surface area contributed by atoms with Gasteiger partial charge >= 0.3 is 6.03 Å². The van der Waals surface area contributed by atoms with Crippen molar-refractivity contribution in [3.8, 4) is 6.07 Å². The molecule has 0 aliphatic heterocycles. The van der Waals surface area contributed by atoms with Gasteiger partial charge < -0.3 is 10.2 Å². The molecule has 4 nitrogen and oxygen atoms in total.